The lowest BCUT2D eigenvalue weighted by Crippen LogP contribution is -2.01. The van der Waals surface area contributed by atoms with Crippen LogP contribution in [0.3, 0.4) is 0 Å². The van der Waals surface area contributed by atoms with Crippen LogP contribution in [0.4, 0.5) is 5.69 Å². The third-order valence-corrected chi connectivity index (χ3v) is 5.66. The number of ketones is 1. The molecule has 128 valence electrons. The molecule has 2 heterocycles. The van der Waals surface area contributed by atoms with Crippen LogP contribution in [0, 0.1) is 0 Å². The smallest absolute Gasteiger partial charge is 0.205 e. The van der Waals surface area contributed by atoms with Gasteiger partial charge in [-0.05, 0) is 48.5 Å². The van der Waals surface area contributed by atoms with E-state index in [1.54, 1.807) is 24.3 Å². The zero-order valence-corrected chi connectivity index (χ0v) is 15.7. The van der Waals surface area contributed by atoms with Gasteiger partial charge < -0.3 is 5.73 Å². The zero-order valence-electron chi connectivity index (χ0n) is 13.4. The minimum atomic E-state index is -0.129. The first-order valence-electron chi connectivity index (χ1n) is 7.78. The lowest BCUT2D eigenvalue weighted by Gasteiger charge is -2.01. The van der Waals surface area contributed by atoms with Gasteiger partial charge >= 0.3 is 0 Å². The number of pyridine rings is 1. The fourth-order valence-corrected chi connectivity index (χ4v) is 3.99. The minimum absolute atomic E-state index is 0.129. The molecule has 6 heteroatoms. The maximum Gasteiger partial charge on any atom is 0.205 e. The molecule has 2 aromatic heterocycles. The van der Waals surface area contributed by atoms with Crippen molar-refractivity contribution in [3.8, 4) is 11.3 Å². The Bertz CT molecular complexity index is 1120. The number of hydrogen-bond donors (Lipinski definition) is 1. The van der Waals surface area contributed by atoms with Crippen molar-refractivity contribution in [3.05, 3.63) is 81.1 Å². The average Bonchev–Trinajstić information content (AvgIpc) is 2.98. The van der Waals surface area contributed by atoms with Crippen molar-refractivity contribution in [2.75, 3.05) is 5.73 Å². The van der Waals surface area contributed by atoms with E-state index in [1.807, 2.05) is 36.4 Å². The molecule has 0 amide bonds. The molecule has 4 aromatic rings. The summed E-state index contributed by atoms with van der Waals surface area (Å²) in [5.74, 6) is -0.129. The molecule has 2 N–H and O–H groups in total. The Morgan fingerprint density at radius 1 is 0.885 bits per heavy atom. The molecule has 26 heavy (non-hydrogen) atoms. The Morgan fingerprint density at radius 3 is 2.15 bits per heavy atom. The number of benzene rings is 2. The summed E-state index contributed by atoms with van der Waals surface area (Å²) in [6.07, 6.45) is 0. The lowest BCUT2D eigenvalue weighted by molar-refractivity contribution is 0.104. The predicted molar refractivity (Wildman–Crippen MR) is 109 cm³/mol. The zero-order chi connectivity index (χ0) is 18.3. The van der Waals surface area contributed by atoms with Gasteiger partial charge in [-0.15, -0.1) is 11.3 Å². The SMILES string of the molecule is Nc1c(C(=O)c2ccc(Cl)cc2)sc2nc(-c3ccc(Cl)cc3)ccc12. The van der Waals surface area contributed by atoms with Gasteiger partial charge in [0, 0.05) is 26.6 Å². The van der Waals surface area contributed by atoms with Crippen LogP contribution < -0.4 is 5.73 Å². The highest BCUT2D eigenvalue weighted by molar-refractivity contribution is 7.21. The van der Waals surface area contributed by atoms with Crippen LogP contribution in [0.2, 0.25) is 10.0 Å². The number of carbonyl (C=O) groups excluding carboxylic acids is 1. The maximum absolute atomic E-state index is 12.8. The minimum Gasteiger partial charge on any atom is -0.397 e. The maximum atomic E-state index is 12.8. The molecule has 0 spiro atoms. The van der Waals surface area contributed by atoms with Gasteiger partial charge in [-0.2, -0.15) is 0 Å². The fraction of sp³-hybridized carbons (Fsp3) is 0. The van der Waals surface area contributed by atoms with Crippen LogP contribution in [0.25, 0.3) is 21.5 Å². The molecule has 0 aliphatic rings. The molecule has 0 saturated heterocycles. The molecule has 0 aliphatic carbocycles. The Balaban J connectivity index is 1.77. The van der Waals surface area contributed by atoms with Gasteiger partial charge in [0.2, 0.25) is 5.78 Å². The first-order chi connectivity index (χ1) is 12.5. The molecule has 0 bridgehead atoms. The van der Waals surface area contributed by atoms with Crippen LogP contribution in [-0.4, -0.2) is 10.8 Å². The summed E-state index contributed by atoms with van der Waals surface area (Å²) < 4.78 is 0. The number of nitrogens with two attached hydrogens (primary N) is 1. The molecule has 0 unspecified atom stereocenters. The topological polar surface area (TPSA) is 56.0 Å². The van der Waals surface area contributed by atoms with Crippen molar-refractivity contribution in [2.24, 2.45) is 0 Å². The first-order valence-corrected chi connectivity index (χ1v) is 9.35. The Labute approximate surface area is 164 Å². The molecule has 4 rings (SSSR count). The van der Waals surface area contributed by atoms with E-state index >= 15 is 0 Å². The van der Waals surface area contributed by atoms with Gasteiger partial charge in [0.05, 0.1) is 11.4 Å². The number of nitrogen functional groups attached to an aromatic ring is 1. The predicted octanol–water partition coefficient (Wildman–Crippen LogP) is 6.08. The number of aromatic nitrogens is 1. The summed E-state index contributed by atoms with van der Waals surface area (Å²) in [5.41, 5.74) is 8.99. The molecule has 0 atom stereocenters. The van der Waals surface area contributed by atoms with Crippen LogP contribution in [0.1, 0.15) is 15.2 Å². The second kappa shape index (κ2) is 6.72. The van der Waals surface area contributed by atoms with E-state index in [2.05, 4.69) is 4.98 Å². The molecule has 2 aromatic carbocycles. The summed E-state index contributed by atoms with van der Waals surface area (Å²) >= 11 is 13.1. The highest BCUT2D eigenvalue weighted by atomic mass is 35.5. The monoisotopic (exact) mass is 398 g/mol. The summed E-state index contributed by atoms with van der Waals surface area (Å²) in [6, 6.07) is 18.0. The van der Waals surface area contributed by atoms with E-state index < -0.39 is 0 Å². The van der Waals surface area contributed by atoms with Crippen molar-refractivity contribution in [2.45, 2.75) is 0 Å². The summed E-state index contributed by atoms with van der Waals surface area (Å²) in [7, 11) is 0. The van der Waals surface area contributed by atoms with Crippen LogP contribution >= 0.6 is 34.5 Å². The summed E-state index contributed by atoms with van der Waals surface area (Å²) in [5, 5.41) is 2.04. The van der Waals surface area contributed by atoms with Gasteiger partial charge in [-0.1, -0.05) is 35.3 Å². The third-order valence-electron chi connectivity index (χ3n) is 4.05. The van der Waals surface area contributed by atoms with E-state index in [1.165, 1.54) is 11.3 Å². The summed E-state index contributed by atoms with van der Waals surface area (Å²) in [4.78, 5) is 18.7. The molecular formula is C20H12Cl2N2OS. The molecule has 0 aliphatic heterocycles. The molecule has 0 saturated carbocycles. The number of anilines is 1. The van der Waals surface area contributed by atoms with E-state index in [4.69, 9.17) is 28.9 Å². The van der Waals surface area contributed by atoms with E-state index in [0.717, 1.165) is 21.5 Å². The van der Waals surface area contributed by atoms with Crippen molar-refractivity contribution in [1.82, 2.24) is 4.98 Å². The number of fused-ring (bicyclic) bond motifs is 1. The number of nitrogens with zero attached hydrogens (tertiary/aromatic N) is 1. The van der Waals surface area contributed by atoms with E-state index in [0.29, 0.717) is 26.2 Å². The Morgan fingerprint density at radius 2 is 1.50 bits per heavy atom. The van der Waals surface area contributed by atoms with Crippen molar-refractivity contribution in [3.63, 3.8) is 0 Å². The van der Waals surface area contributed by atoms with E-state index in [-0.39, 0.29) is 5.78 Å². The van der Waals surface area contributed by atoms with Crippen LogP contribution in [0.5, 0.6) is 0 Å². The van der Waals surface area contributed by atoms with Crippen molar-refractivity contribution >= 4 is 56.2 Å². The molecule has 0 radical (unpaired) electrons. The second-order valence-corrected chi connectivity index (χ2v) is 7.61. The second-order valence-electron chi connectivity index (χ2n) is 5.74. The number of hydrogen-bond acceptors (Lipinski definition) is 4. The highest BCUT2D eigenvalue weighted by Gasteiger charge is 2.19. The quantitative estimate of drug-likeness (QED) is 0.425. The van der Waals surface area contributed by atoms with Gasteiger partial charge in [-0.3, -0.25) is 4.79 Å². The molecular weight excluding hydrogens is 387 g/mol. The molecule has 0 fully saturated rings. The van der Waals surface area contributed by atoms with Crippen molar-refractivity contribution < 1.29 is 4.79 Å². The van der Waals surface area contributed by atoms with Gasteiger partial charge in [-0.25, -0.2) is 4.98 Å². The number of halogens is 2. The van der Waals surface area contributed by atoms with Crippen molar-refractivity contribution in [1.29, 1.82) is 0 Å². The fourth-order valence-electron chi connectivity index (χ4n) is 2.68. The van der Waals surface area contributed by atoms with E-state index in [9.17, 15) is 4.79 Å². The number of thiophene rings is 1. The summed E-state index contributed by atoms with van der Waals surface area (Å²) in [6.45, 7) is 0. The van der Waals surface area contributed by atoms with Gasteiger partial charge in [0.15, 0.2) is 0 Å². The Kier molecular flexibility index (Phi) is 4.41. The molecule has 3 nitrogen and oxygen atoms in total. The van der Waals surface area contributed by atoms with Gasteiger partial charge in [0.25, 0.3) is 0 Å². The van der Waals surface area contributed by atoms with Gasteiger partial charge in [0.1, 0.15) is 9.71 Å². The average molecular weight is 399 g/mol. The first kappa shape index (κ1) is 17.0. The number of rotatable bonds is 3. The third kappa shape index (κ3) is 3.07. The standard InChI is InChI=1S/C20H12Cl2N2OS/c21-13-5-1-11(2-6-13)16-10-9-15-17(23)19(26-20(15)24-16)18(25)12-3-7-14(22)8-4-12/h1-10H,23H2. The lowest BCUT2D eigenvalue weighted by atomic mass is 10.1. The van der Waals surface area contributed by atoms with Crippen LogP contribution in [0.15, 0.2) is 60.7 Å². The largest absolute Gasteiger partial charge is 0.397 e. The van der Waals surface area contributed by atoms with Crippen LogP contribution in [-0.2, 0) is 0 Å². The number of carbonyl (C=O) groups is 1. The normalized spacial score (nSPS) is 11.0. The Hall–Kier alpha value is -2.40. The highest BCUT2D eigenvalue weighted by Crippen LogP contribution is 2.35.